The first-order chi connectivity index (χ1) is 13.5. The largest absolute Gasteiger partial charge is 0.497 e. The third-order valence-corrected chi connectivity index (χ3v) is 5.34. The summed E-state index contributed by atoms with van der Waals surface area (Å²) in [6, 6.07) is 12.5. The topological polar surface area (TPSA) is 79.1 Å². The average molecular weight is 465 g/mol. The van der Waals surface area contributed by atoms with E-state index in [2.05, 4.69) is 20.9 Å². The maximum absolute atomic E-state index is 12.3. The molecule has 0 aliphatic rings. The normalized spacial score (nSPS) is 11.5. The molecule has 0 unspecified atom stereocenters. The van der Waals surface area contributed by atoms with Crippen molar-refractivity contribution in [2.24, 2.45) is 4.99 Å². The van der Waals surface area contributed by atoms with Gasteiger partial charge in [-0.1, -0.05) is 27.3 Å². The molecule has 1 amide bonds. The molecule has 1 aromatic heterocycles. The van der Waals surface area contributed by atoms with Crippen LogP contribution in [0.15, 0.2) is 51.9 Å². The van der Waals surface area contributed by atoms with Gasteiger partial charge in [0.1, 0.15) is 18.0 Å². The van der Waals surface area contributed by atoms with E-state index >= 15 is 0 Å². The summed E-state index contributed by atoms with van der Waals surface area (Å²) in [6.07, 6.45) is 0. The van der Waals surface area contributed by atoms with Crippen LogP contribution in [0.3, 0.4) is 0 Å². The highest BCUT2D eigenvalue weighted by atomic mass is 79.9. The van der Waals surface area contributed by atoms with Gasteiger partial charge in [0.05, 0.1) is 24.4 Å². The molecule has 0 fully saturated rings. The van der Waals surface area contributed by atoms with E-state index in [0.29, 0.717) is 16.3 Å². The Kier molecular flexibility index (Phi) is 6.48. The van der Waals surface area contributed by atoms with E-state index in [4.69, 9.17) is 14.2 Å². The van der Waals surface area contributed by atoms with E-state index in [1.807, 2.05) is 18.2 Å². The molecule has 0 saturated heterocycles. The molecule has 0 bridgehead atoms. The number of esters is 1. The lowest BCUT2D eigenvalue weighted by Crippen LogP contribution is -2.23. The molecule has 9 heteroatoms. The Morgan fingerprint density at radius 1 is 1.11 bits per heavy atom. The summed E-state index contributed by atoms with van der Waals surface area (Å²) in [7, 11) is 2.89. The van der Waals surface area contributed by atoms with Gasteiger partial charge in [-0.15, -0.1) is 0 Å². The quantitative estimate of drug-likeness (QED) is 0.523. The number of ether oxygens (including phenoxy) is 3. The second-order valence-corrected chi connectivity index (χ2v) is 7.55. The summed E-state index contributed by atoms with van der Waals surface area (Å²) in [5, 5.41) is 0. The summed E-state index contributed by atoms with van der Waals surface area (Å²) >= 11 is 4.73. The van der Waals surface area contributed by atoms with Crippen LogP contribution in [0.2, 0.25) is 0 Å². The fraction of sp³-hybridized carbons (Fsp3) is 0.211. The molecule has 0 spiro atoms. The van der Waals surface area contributed by atoms with Gasteiger partial charge in [0.15, 0.2) is 11.4 Å². The second-order valence-electron chi connectivity index (χ2n) is 5.63. The lowest BCUT2D eigenvalue weighted by atomic mass is 10.3. The van der Waals surface area contributed by atoms with Crippen molar-refractivity contribution in [3.05, 3.63) is 51.7 Å². The molecular formula is C19H17BrN2O5S. The third kappa shape index (κ3) is 4.79. The molecule has 0 atom stereocenters. The van der Waals surface area contributed by atoms with Gasteiger partial charge < -0.3 is 18.8 Å². The molecule has 0 saturated carbocycles. The lowest BCUT2D eigenvalue weighted by molar-refractivity contribution is -0.141. The number of aromatic nitrogens is 1. The maximum atomic E-state index is 12.3. The SMILES string of the molecule is COC(=O)Cn1c(=NC(=O)COc2ccc(OC)cc2)sc2cc(Br)ccc21. The van der Waals surface area contributed by atoms with Crippen LogP contribution < -0.4 is 14.3 Å². The van der Waals surface area contributed by atoms with Crippen molar-refractivity contribution in [2.75, 3.05) is 20.8 Å². The summed E-state index contributed by atoms with van der Waals surface area (Å²) in [4.78, 5) is 28.6. The molecular weight excluding hydrogens is 448 g/mol. The number of fused-ring (bicyclic) bond motifs is 1. The summed E-state index contributed by atoms with van der Waals surface area (Å²) in [5.41, 5.74) is 0.793. The van der Waals surface area contributed by atoms with Gasteiger partial charge in [-0.25, -0.2) is 0 Å². The first-order valence-electron chi connectivity index (χ1n) is 8.20. The zero-order valence-electron chi connectivity index (χ0n) is 15.2. The van der Waals surface area contributed by atoms with E-state index in [-0.39, 0.29) is 13.2 Å². The van der Waals surface area contributed by atoms with Crippen molar-refractivity contribution in [1.82, 2.24) is 4.57 Å². The standard InChI is InChI=1S/C19H17BrN2O5S/c1-25-13-4-6-14(7-5-13)27-11-17(23)21-19-22(10-18(24)26-2)15-8-3-12(20)9-16(15)28-19/h3-9H,10-11H2,1-2H3. The van der Waals surface area contributed by atoms with Crippen molar-refractivity contribution in [2.45, 2.75) is 6.54 Å². The number of thiazole rings is 1. The molecule has 146 valence electrons. The first kappa shape index (κ1) is 20.1. The molecule has 0 aliphatic carbocycles. The number of hydrogen-bond donors (Lipinski definition) is 0. The molecule has 3 rings (SSSR count). The van der Waals surface area contributed by atoms with Gasteiger partial charge in [-0.05, 0) is 42.5 Å². The molecule has 1 heterocycles. The summed E-state index contributed by atoms with van der Waals surface area (Å²) in [5.74, 6) is 0.349. The minimum atomic E-state index is -0.458. The van der Waals surface area contributed by atoms with E-state index in [0.717, 1.165) is 14.7 Å². The number of carbonyl (C=O) groups is 2. The van der Waals surface area contributed by atoms with Crippen LogP contribution in [-0.2, 0) is 20.9 Å². The fourth-order valence-corrected chi connectivity index (χ4v) is 4.03. The minimum absolute atomic E-state index is 0.0381. The van der Waals surface area contributed by atoms with Crippen molar-refractivity contribution >= 4 is 49.4 Å². The molecule has 0 N–H and O–H groups in total. The van der Waals surface area contributed by atoms with Crippen molar-refractivity contribution in [3.8, 4) is 11.5 Å². The molecule has 7 nitrogen and oxygen atoms in total. The van der Waals surface area contributed by atoms with Crippen molar-refractivity contribution in [3.63, 3.8) is 0 Å². The predicted octanol–water partition coefficient (Wildman–Crippen LogP) is 3.15. The Hall–Kier alpha value is -2.65. The predicted molar refractivity (Wildman–Crippen MR) is 109 cm³/mol. The van der Waals surface area contributed by atoms with Crippen LogP contribution in [0.1, 0.15) is 0 Å². The van der Waals surface area contributed by atoms with Gasteiger partial charge in [-0.3, -0.25) is 9.59 Å². The van der Waals surface area contributed by atoms with Crippen LogP contribution in [0.25, 0.3) is 10.2 Å². The summed E-state index contributed by atoms with van der Waals surface area (Å²) in [6.45, 7) is -0.258. The number of benzene rings is 2. The highest BCUT2D eigenvalue weighted by Gasteiger charge is 2.12. The first-order valence-corrected chi connectivity index (χ1v) is 9.81. The Morgan fingerprint density at radius 3 is 2.50 bits per heavy atom. The van der Waals surface area contributed by atoms with E-state index in [1.165, 1.54) is 18.4 Å². The second kappa shape index (κ2) is 9.03. The lowest BCUT2D eigenvalue weighted by Gasteiger charge is -2.05. The number of methoxy groups -OCH3 is 2. The molecule has 0 radical (unpaired) electrons. The minimum Gasteiger partial charge on any atom is -0.497 e. The summed E-state index contributed by atoms with van der Waals surface area (Å²) < 4.78 is 18.7. The van der Waals surface area contributed by atoms with E-state index in [1.54, 1.807) is 35.9 Å². The third-order valence-electron chi connectivity index (χ3n) is 3.80. The number of rotatable bonds is 6. The number of halogens is 1. The fourth-order valence-electron chi connectivity index (χ4n) is 2.43. The van der Waals surface area contributed by atoms with Crippen molar-refractivity contribution < 1.29 is 23.8 Å². The smallest absolute Gasteiger partial charge is 0.325 e. The van der Waals surface area contributed by atoms with Crippen molar-refractivity contribution in [1.29, 1.82) is 0 Å². The van der Waals surface area contributed by atoms with Gasteiger partial charge in [-0.2, -0.15) is 4.99 Å². The maximum Gasteiger partial charge on any atom is 0.325 e. The molecule has 3 aromatic rings. The van der Waals surface area contributed by atoms with Crippen LogP contribution >= 0.6 is 27.3 Å². The Labute approximate surface area is 173 Å². The van der Waals surface area contributed by atoms with E-state index < -0.39 is 11.9 Å². The number of hydrogen-bond acceptors (Lipinski definition) is 6. The van der Waals surface area contributed by atoms with Crippen LogP contribution in [0.4, 0.5) is 0 Å². The number of amides is 1. The Balaban J connectivity index is 1.85. The van der Waals surface area contributed by atoms with Gasteiger partial charge >= 0.3 is 5.97 Å². The van der Waals surface area contributed by atoms with Gasteiger partial charge in [0.25, 0.3) is 5.91 Å². The molecule has 28 heavy (non-hydrogen) atoms. The zero-order valence-corrected chi connectivity index (χ0v) is 17.6. The highest BCUT2D eigenvalue weighted by molar-refractivity contribution is 9.10. The van der Waals surface area contributed by atoms with Gasteiger partial charge in [0.2, 0.25) is 0 Å². The Morgan fingerprint density at radius 2 is 1.82 bits per heavy atom. The van der Waals surface area contributed by atoms with Gasteiger partial charge in [0, 0.05) is 4.47 Å². The molecule has 2 aromatic carbocycles. The van der Waals surface area contributed by atoms with Crippen LogP contribution in [-0.4, -0.2) is 37.3 Å². The Bertz CT molecular complexity index is 1070. The number of carbonyl (C=O) groups excluding carboxylic acids is 2. The molecule has 0 aliphatic heterocycles. The average Bonchev–Trinajstić information content (AvgIpc) is 3.02. The van der Waals surface area contributed by atoms with Crippen LogP contribution in [0.5, 0.6) is 11.5 Å². The highest BCUT2D eigenvalue weighted by Crippen LogP contribution is 2.22. The zero-order chi connectivity index (χ0) is 20.1. The van der Waals surface area contributed by atoms with Crippen LogP contribution in [0, 0.1) is 0 Å². The number of nitrogens with zero attached hydrogens (tertiary/aromatic N) is 2. The van der Waals surface area contributed by atoms with E-state index in [9.17, 15) is 9.59 Å². The monoisotopic (exact) mass is 464 g/mol.